The number of aliphatic hydroxyl groups is 1. The molecule has 2 rings (SSSR count). The number of ether oxygens (including phenoxy) is 3. The Hall–Kier alpha value is -6.87. The number of carboxylic acid groups (broad SMARTS) is 1. The number of carboxylic acids is 1. The third-order valence-electron chi connectivity index (χ3n) is 10.3. The predicted molar refractivity (Wildman–Crippen MR) is 264 cm³/mol. The zero-order chi connectivity index (χ0) is 55.6. The van der Waals surface area contributed by atoms with Crippen LogP contribution in [0.2, 0.25) is 0 Å². The number of hydrogen-bond acceptors (Lipinski definition) is 17. The van der Waals surface area contributed by atoms with E-state index in [9.17, 15) is 70.2 Å². The van der Waals surface area contributed by atoms with Crippen molar-refractivity contribution in [3.8, 4) is 0 Å². The molecule has 0 saturated heterocycles. The standard InChI is InChI=1S/C47H69N7O18S2/c1-30(2)28-36(52-40(58)33(54-46(65)72-47(3,4)5)18-12-13-23-49-45(64)71-25-27-74(68,69)32-16-10-7-11-17-32)42(60)53-37(29-55)43(61)50-34(19-21-38(48)56)41(59)51-35(44(62)63)20-22-39(57)70-24-26-73(66,67)31-14-8-6-9-15-31/h6-11,14-17,30,33-37,55H,12-13,18-29H2,1-5H3,(H2,48,56)(H,49,64)(H,50,61)(H,51,59)(H,52,58)(H,53,60)(H,54,65)(H,62,63)/t33-,34-,35-,36-,37-/m0/s1. The van der Waals surface area contributed by atoms with Gasteiger partial charge in [-0.15, -0.1) is 0 Å². The lowest BCUT2D eigenvalue weighted by molar-refractivity contribution is -0.145. The minimum atomic E-state index is -3.79. The van der Waals surface area contributed by atoms with E-state index in [1.54, 1.807) is 58.9 Å². The zero-order valence-electron chi connectivity index (χ0n) is 42.0. The van der Waals surface area contributed by atoms with Gasteiger partial charge in [0.05, 0.1) is 27.9 Å². The smallest absolute Gasteiger partial charge is 0.408 e. The maximum Gasteiger partial charge on any atom is 0.408 e. The molecule has 10 N–H and O–H groups in total. The average molecular weight is 1080 g/mol. The van der Waals surface area contributed by atoms with Crippen LogP contribution in [-0.2, 0) is 67.4 Å². The summed E-state index contributed by atoms with van der Waals surface area (Å²) in [6.07, 6.45) is -3.59. The summed E-state index contributed by atoms with van der Waals surface area (Å²) in [4.78, 5) is 116. The number of rotatable bonds is 32. The number of nitrogens with two attached hydrogens (primary N) is 1. The van der Waals surface area contributed by atoms with E-state index in [4.69, 9.17) is 19.9 Å². The fraction of sp³-hybridized carbons (Fsp3) is 0.553. The van der Waals surface area contributed by atoms with Gasteiger partial charge in [-0.25, -0.2) is 31.2 Å². The first kappa shape index (κ1) is 63.2. The topological polar surface area (TPSA) is 388 Å². The molecule has 0 unspecified atom stereocenters. The molecule has 0 fully saturated rings. The minimum Gasteiger partial charge on any atom is -0.480 e. The molecule has 0 radical (unpaired) electrons. The van der Waals surface area contributed by atoms with Crippen molar-refractivity contribution in [1.82, 2.24) is 31.9 Å². The van der Waals surface area contributed by atoms with Crippen LogP contribution in [0.5, 0.6) is 0 Å². The first-order chi connectivity index (χ1) is 34.6. The van der Waals surface area contributed by atoms with E-state index >= 15 is 0 Å². The fourth-order valence-electron chi connectivity index (χ4n) is 6.57. The van der Waals surface area contributed by atoms with E-state index in [-0.39, 0.29) is 47.9 Å². The molecule has 0 aliphatic rings. The number of nitrogens with one attached hydrogen (secondary N) is 6. The molecular formula is C47H69N7O18S2. The predicted octanol–water partition coefficient (Wildman–Crippen LogP) is 0.375. The second-order valence-electron chi connectivity index (χ2n) is 18.2. The first-order valence-electron chi connectivity index (χ1n) is 23.6. The Bertz CT molecular complexity index is 2440. The highest BCUT2D eigenvalue weighted by Crippen LogP contribution is 2.14. The lowest BCUT2D eigenvalue weighted by atomic mass is 10.0. The molecular weight excluding hydrogens is 1010 g/mol. The molecule has 5 atom stereocenters. The van der Waals surface area contributed by atoms with Gasteiger partial charge < -0.3 is 62.1 Å². The van der Waals surface area contributed by atoms with Gasteiger partial charge in [0.1, 0.15) is 49.0 Å². The summed E-state index contributed by atoms with van der Waals surface area (Å²) in [5.41, 5.74) is 4.30. The van der Waals surface area contributed by atoms with E-state index in [0.29, 0.717) is 0 Å². The van der Waals surface area contributed by atoms with Crippen LogP contribution in [0.1, 0.15) is 86.0 Å². The van der Waals surface area contributed by atoms with Gasteiger partial charge >= 0.3 is 24.1 Å². The van der Waals surface area contributed by atoms with E-state index in [1.807, 2.05) is 0 Å². The van der Waals surface area contributed by atoms with Crippen LogP contribution < -0.4 is 37.6 Å². The van der Waals surface area contributed by atoms with Crippen LogP contribution in [0.15, 0.2) is 70.5 Å². The van der Waals surface area contributed by atoms with Crippen LogP contribution >= 0.6 is 0 Å². The second-order valence-corrected chi connectivity index (χ2v) is 22.4. The minimum absolute atomic E-state index is 0.00433. The summed E-state index contributed by atoms with van der Waals surface area (Å²) >= 11 is 0. The first-order valence-corrected chi connectivity index (χ1v) is 26.9. The van der Waals surface area contributed by atoms with Crippen LogP contribution in [0, 0.1) is 5.92 Å². The largest absolute Gasteiger partial charge is 0.480 e. The summed E-state index contributed by atoms with van der Waals surface area (Å²) in [5.74, 6) is -8.94. The molecule has 2 aromatic rings. The number of unbranched alkanes of at least 4 members (excludes halogenated alkanes) is 1. The molecule has 74 heavy (non-hydrogen) atoms. The van der Waals surface area contributed by atoms with Crippen molar-refractivity contribution in [3.63, 3.8) is 0 Å². The zero-order valence-corrected chi connectivity index (χ0v) is 43.6. The Morgan fingerprint density at radius 2 is 1.05 bits per heavy atom. The number of primary amides is 1. The van der Waals surface area contributed by atoms with Gasteiger partial charge in [0.15, 0.2) is 19.7 Å². The van der Waals surface area contributed by atoms with Gasteiger partial charge in [-0.1, -0.05) is 50.2 Å². The molecule has 412 valence electrons. The molecule has 25 nitrogen and oxygen atoms in total. The normalized spacial score (nSPS) is 13.6. The number of esters is 1. The van der Waals surface area contributed by atoms with Crippen LogP contribution in [-0.4, -0.2) is 154 Å². The number of aliphatic hydroxyl groups excluding tert-OH is 1. The Morgan fingerprint density at radius 3 is 1.55 bits per heavy atom. The number of carbonyl (C=O) groups excluding carboxylic acids is 8. The molecule has 0 bridgehead atoms. The Labute approximate surface area is 430 Å². The highest BCUT2D eigenvalue weighted by Gasteiger charge is 2.34. The van der Waals surface area contributed by atoms with Gasteiger partial charge in [-0.2, -0.15) is 0 Å². The van der Waals surface area contributed by atoms with E-state index in [0.717, 1.165) is 0 Å². The number of carbonyl (C=O) groups is 9. The van der Waals surface area contributed by atoms with Crippen molar-refractivity contribution >= 4 is 73.3 Å². The van der Waals surface area contributed by atoms with E-state index in [1.165, 1.54) is 36.4 Å². The van der Waals surface area contributed by atoms with E-state index < -0.39 is 166 Å². The van der Waals surface area contributed by atoms with Crippen molar-refractivity contribution in [2.45, 2.75) is 132 Å². The van der Waals surface area contributed by atoms with Crippen molar-refractivity contribution < 1.29 is 84.4 Å². The lowest BCUT2D eigenvalue weighted by Crippen LogP contribution is -2.60. The van der Waals surface area contributed by atoms with Crippen molar-refractivity contribution in [2.24, 2.45) is 11.7 Å². The maximum atomic E-state index is 13.8. The lowest BCUT2D eigenvalue weighted by Gasteiger charge is -2.27. The second kappa shape index (κ2) is 31.0. The average Bonchev–Trinajstić information content (AvgIpc) is 3.31. The van der Waals surface area contributed by atoms with Crippen LogP contribution in [0.25, 0.3) is 0 Å². The SMILES string of the molecule is CC(C)C[C@H](NC(=O)[C@H](CCCCNC(=O)OCCS(=O)(=O)c1ccccc1)NC(=O)OC(C)(C)C)C(=O)N[C@@H](CO)C(=O)N[C@@H](CCC(N)=O)C(=O)N[C@@H](CCC(=O)OCCS(=O)(=O)c1ccccc1)C(=O)O. The molecule has 0 saturated carbocycles. The highest BCUT2D eigenvalue weighted by molar-refractivity contribution is 7.91. The number of hydrogen-bond donors (Lipinski definition) is 9. The molecule has 0 spiro atoms. The summed E-state index contributed by atoms with van der Waals surface area (Å²) < 4.78 is 65.2. The van der Waals surface area contributed by atoms with Crippen molar-refractivity contribution in [3.05, 3.63) is 60.7 Å². The molecule has 0 aromatic heterocycles. The monoisotopic (exact) mass is 1080 g/mol. The number of alkyl carbamates (subject to hydrolysis) is 2. The number of sulfone groups is 2. The third kappa shape index (κ3) is 24.7. The third-order valence-corrected chi connectivity index (χ3v) is 13.7. The van der Waals surface area contributed by atoms with Gasteiger partial charge in [0.2, 0.25) is 29.5 Å². The molecule has 0 heterocycles. The summed E-state index contributed by atoms with van der Waals surface area (Å²) in [5, 5.41) is 34.3. The van der Waals surface area contributed by atoms with Crippen LogP contribution in [0.4, 0.5) is 9.59 Å². The maximum absolute atomic E-state index is 13.8. The van der Waals surface area contributed by atoms with Gasteiger partial charge in [-0.05, 0) is 89.5 Å². The highest BCUT2D eigenvalue weighted by atomic mass is 32.2. The van der Waals surface area contributed by atoms with Crippen molar-refractivity contribution in [2.75, 3.05) is 37.9 Å². The van der Waals surface area contributed by atoms with E-state index in [2.05, 4.69) is 31.9 Å². The fourth-order valence-corrected chi connectivity index (χ4v) is 8.79. The summed E-state index contributed by atoms with van der Waals surface area (Å²) in [6.45, 7) is 6.23. The number of aliphatic carboxylic acids is 1. The summed E-state index contributed by atoms with van der Waals surface area (Å²) in [7, 11) is -7.48. The molecule has 2 aromatic carbocycles. The van der Waals surface area contributed by atoms with Crippen molar-refractivity contribution in [1.29, 1.82) is 0 Å². The molecule has 27 heteroatoms. The van der Waals surface area contributed by atoms with Gasteiger partial charge in [0, 0.05) is 19.4 Å². The number of amides is 7. The molecule has 0 aliphatic carbocycles. The van der Waals surface area contributed by atoms with Gasteiger partial charge in [0.25, 0.3) is 0 Å². The van der Waals surface area contributed by atoms with Crippen LogP contribution in [0.3, 0.4) is 0 Å². The Balaban J connectivity index is 2.10. The summed E-state index contributed by atoms with van der Waals surface area (Å²) in [6, 6.07) is 7.05. The quantitative estimate of drug-likeness (QED) is 0.0272. The number of benzene rings is 2. The van der Waals surface area contributed by atoms with Gasteiger partial charge in [-0.3, -0.25) is 28.8 Å². The Morgan fingerprint density at radius 1 is 0.595 bits per heavy atom. The molecule has 7 amide bonds. The Kier molecular flexibility index (Phi) is 26.5. The molecule has 0 aliphatic heterocycles.